The third-order valence-electron chi connectivity index (χ3n) is 6.51. The van der Waals surface area contributed by atoms with Crippen LogP contribution in [0.5, 0.6) is 0 Å². The van der Waals surface area contributed by atoms with E-state index in [4.69, 9.17) is 11.1 Å². The van der Waals surface area contributed by atoms with Crippen LogP contribution in [0.15, 0.2) is 53.0 Å². The van der Waals surface area contributed by atoms with Crippen LogP contribution in [0, 0.1) is 16.7 Å². The number of allylic oxidation sites excluding steroid dienone is 1. The molecule has 0 unspecified atom stereocenters. The number of hydrogen-bond donors (Lipinski definition) is 3. The first-order chi connectivity index (χ1) is 14.1. The molecule has 0 aromatic carbocycles. The van der Waals surface area contributed by atoms with Gasteiger partial charge in [-0.25, -0.2) is 9.98 Å². The number of pyridine rings is 1. The van der Waals surface area contributed by atoms with Gasteiger partial charge in [-0.2, -0.15) is 10.4 Å². The Balaban J connectivity index is 0.00000136. The number of rotatable bonds is 3. The lowest BCUT2D eigenvalue weighted by Gasteiger charge is -2.37. The number of fused-ring (bicyclic) bond motifs is 3. The molecule has 0 radical (unpaired) electrons. The second-order valence-electron chi connectivity index (χ2n) is 8.16. The van der Waals surface area contributed by atoms with Crippen LogP contribution in [-0.4, -0.2) is 27.6 Å². The molecule has 2 saturated carbocycles. The summed E-state index contributed by atoms with van der Waals surface area (Å²) in [7, 11) is 0. The van der Waals surface area contributed by atoms with Crippen molar-refractivity contribution < 1.29 is 2.85 Å². The fraction of sp³-hybridized carbons (Fsp3) is 0.333. The normalized spacial score (nSPS) is 27.8. The summed E-state index contributed by atoms with van der Waals surface area (Å²) in [5.74, 6) is 8.41. The summed E-state index contributed by atoms with van der Waals surface area (Å²) in [6.07, 6.45) is 10.2. The van der Waals surface area contributed by atoms with Crippen LogP contribution in [0.2, 0.25) is 0 Å². The van der Waals surface area contributed by atoms with E-state index in [0.29, 0.717) is 5.56 Å². The van der Waals surface area contributed by atoms with E-state index in [1.807, 2.05) is 23.2 Å². The molecule has 2 aromatic rings. The minimum Gasteiger partial charge on any atom is -0.365 e. The zero-order valence-electron chi connectivity index (χ0n) is 16.0. The largest absolute Gasteiger partial charge is 0.365 e. The number of nitrogens with zero attached hydrogens (tertiary/aromatic N) is 5. The van der Waals surface area contributed by atoms with E-state index in [1.54, 1.807) is 18.5 Å². The number of nitrogens with two attached hydrogens (primary N) is 1. The molecule has 1 aliphatic heterocycles. The van der Waals surface area contributed by atoms with Crippen molar-refractivity contribution in [2.75, 3.05) is 10.2 Å². The number of H-pyrrole nitrogens is 1. The van der Waals surface area contributed by atoms with Gasteiger partial charge in [0.05, 0.1) is 23.2 Å². The molecule has 2 aliphatic carbocycles. The Morgan fingerprint density at radius 2 is 2.17 bits per heavy atom. The van der Waals surface area contributed by atoms with Crippen molar-refractivity contribution in [3.05, 3.63) is 48.4 Å². The Hall–Kier alpha value is -3.60. The number of aliphatic imine (C=N–C) groups is 1. The van der Waals surface area contributed by atoms with Crippen molar-refractivity contribution in [1.82, 2.24) is 9.97 Å². The van der Waals surface area contributed by atoms with Crippen LogP contribution in [0.1, 0.15) is 40.5 Å². The molecule has 2 fully saturated rings. The maximum absolute atomic E-state index is 8.98. The Labute approximate surface area is 171 Å². The van der Waals surface area contributed by atoms with E-state index in [-0.39, 0.29) is 13.8 Å². The first-order valence-electron chi connectivity index (χ1n) is 9.71. The average molecular weight is 390 g/mol. The lowest BCUT2D eigenvalue weighted by molar-refractivity contribution is 0.400. The molecule has 150 valence electrons. The standard InChI is InChI=1S/C21H22N8.2H2/c1-14-11-26-18-16(4-9-24-18)29(14)19(28-23)20-5-7-21(13-20,8-6-20)27-17-3-2-15(10-22)12-25-17;;/h2-4,9,11-12,24H,1,5-8,13,23H2,(H,25,27);2*1H/b28-19-;;. The van der Waals surface area contributed by atoms with Gasteiger partial charge >= 0.3 is 0 Å². The SMILES string of the molecule is C=C1C=Nc2[nH]ccc2N1/C(=N\N)C12CCC(Nc3ccc(C#N)cn3)(CC1)C2.[HH].[HH]. The van der Waals surface area contributed by atoms with Gasteiger partial charge in [-0.15, -0.1) is 0 Å². The number of hydrazone groups is 1. The fourth-order valence-corrected chi connectivity index (χ4v) is 5.16. The highest BCUT2D eigenvalue weighted by molar-refractivity contribution is 6.12. The summed E-state index contributed by atoms with van der Waals surface area (Å²) in [5.41, 5.74) is 2.11. The summed E-state index contributed by atoms with van der Waals surface area (Å²) < 4.78 is 0. The van der Waals surface area contributed by atoms with Crippen molar-refractivity contribution in [2.45, 2.75) is 37.6 Å². The van der Waals surface area contributed by atoms with E-state index in [0.717, 1.165) is 61.0 Å². The number of nitriles is 1. The Morgan fingerprint density at radius 3 is 2.86 bits per heavy atom. The van der Waals surface area contributed by atoms with E-state index < -0.39 is 0 Å². The molecular formula is C21H26N8. The summed E-state index contributed by atoms with van der Waals surface area (Å²) in [6.45, 7) is 4.17. The van der Waals surface area contributed by atoms with E-state index in [2.05, 4.69) is 38.0 Å². The number of amidine groups is 1. The molecule has 0 spiro atoms. The summed E-state index contributed by atoms with van der Waals surface area (Å²) in [5, 5.41) is 16.9. The third kappa shape index (κ3) is 2.62. The minimum atomic E-state index is -0.114. The van der Waals surface area contributed by atoms with Crippen molar-refractivity contribution in [3.63, 3.8) is 0 Å². The van der Waals surface area contributed by atoms with Gasteiger partial charge < -0.3 is 16.1 Å². The van der Waals surface area contributed by atoms with Crippen molar-refractivity contribution in [2.24, 2.45) is 21.4 Å². The number of aromatic amines is 1. The van der Waals surface area contributed by atoms with Gasteiger partial charge in [0.1, 0.15) is 17.7 Å². The Bertz CT molecular complexity index is 1070. The highest BCUT2D eigenvalue weighted by Gasteiger charge is 2.58. The zero-order chi connectivity index (χ0) is 20.1. The third-order valence-corrected chi connectivity index (χ3v) is 6.51. The first-order valence-corrected chi connectivity index (χ1v) is 9.71. The molecule has 0 saturated heterocycles. The van der Waals surface area contributed by atoms with Gasteiger partial charge in [0, 0.05) is 26.2 Å². The topological polar surface area (TPSA) is 118 Å². The molecule has 8 heteroatoms. The van der Waals surface area contributed by atoms with Gasteiger partial charge in [-0.3, -0.25) is 4.90 Å². The molecule has 3 heterocycles. The second kappa shape index (κ2) is 6.21. The van der Waals surface area contributed by atoms with Gasteiger partial charge in [0.25, 0.3) is 0 Å². The number of hydrogen-bond acceptors (Lipinski definition) is 6. The molecule has 8 nitrogen and oxygen atoms in total. The molecule has 2 aromatic heterocycles. The highest BCUT2D eigenvalue weighted by Crippen LogP contribution is 2.59. The van der Waals surface area contributed by atoms with E-state index >= 15 is 0 Å². The fourth-order valence-electron chi connectivity index (χ4n) is 5.16. The van der Waals surface area contributed by atoms with E-state index in [9.17, 15) is 0 Å². The van der Waals surface area contributed by atoms with Crippen LogP contribution in [0.3, 0.4) is 0 Å². The van der Waals surface area contributed by atoms with Gasteiger partial charge in [0.15, 0.2) is 5.82 Å². The monoisotopic (exact) mass is 390 g/mol. The van der Waals surface area contributed by atoms with Crippen LogP contribution < -0.4 is 16.1 Å². The second-order valence-corrected chi connectivity index (χ2v) is 8.16. The minimum absolute atomic E-state index is 0. The average Bonchev–Trinajstić information content (AvgIpc) is 3.44. The number of anilines is 2. The molecule has 2 bridgehead atoms. The predicted molar refractivity (Wildman–Crippen MR) is 117 cm³/mol. The van der Waals surface area contributed by atoms with Crippen LogP contribution in [0.4, 0.5) is 17.3 Å². The molecule has 0 amide bonds. The number of aromatic nitrogens is 2. The van der Waals surface area contributed by atoms with Gasteiger partial charge in [-0.05, 0) is 50.3 Å². The molecular weight excluding hydrogens is 364 g/mol. The van der Waals surface area contributed by atoms with E-state index in [1.165, 1.54) is 0 Å². The maximum Gasteiger partial charge on any atom is 0.154 e. The number of nitrogens with one attached hydrogen (secondary N) is 2. The van der Waals surface area contributed by atoms with Crippen LogP contribution in [0.25, 0.3) is 0 Å². The first kappa shape index (κ1) is 17.5. The molecule has 0 atom stereocenters. The Morgan fingerprint density at radius 1 is 1.34 bits per heavy atom. The quantitative estimate of drug-likeness (QED) is 0.318. The smallest absolute Gasteiger partial charge is 0.154 e. The summed E-state index contributed by atoms with van der Waals surface area (Å²) in [6, 6.07) is 7.75. The Kier molecular flexibility index (Phi) is 3.74. The highest BCUT2D eigenvalue weighted by atomic mass is 15.3. The zero-order valence-corrected chi connectivity index (χ0v) is 16.0. The lowest BCUT2D eigenvalue weighted by atomic mass is 9.81. The maximum atomic E-state index is 8.98. The van der Waals surface area contributed by atoms with Crippen molar-refractivity contribution in [1.29, 1.82) is 5.26 Å². The molecule has 4 N–H and O–H groups in total. The van der Waals surface area contributed by atoms with Crippen molar-refractivity contribution >= 4 is 29.4 Å². The van der Waals surface area contributed by atoms with Crippen LogP contribution in [-0.2, 0) is 0 Å². The molecule has 29 heavy (non-hydrogen) atoms. The summed E-state index contributed by atoms with van der Waals surface area (Å²) >= 11 is 0. The summed E-state index contributed by atoms with van der Waals surface area (Å²) in [4.78, 5) is 14.0. The van der Waals surface area contributed by atoms with Gasteiger partial charge in [-0.1, -0.05) is 6.58 Å². The molecule has 5 rings (SSSR count). The van der Waals surface area contributed by atoms with Crippen LogP contribution >= 0.6 is 0 Å². The van der Waals surface area contributed by atoms with Gasteiger partial charge in [0.2, 0.25) is 0 Å². The molecule has 3 aliphatic rings. The van der Waals surface area contributed by atoms with Crippen molar-refractivity contribution in [3.8, 4) is 6.07 Å². The lowest BCUT2D eigenvalue weighted by Crippen LogP contribution is -2.43. The predicted octanol–water partition coefficient (Wildman–Crippen LogP) is 3.90.